The van der Waals surface area contributed by atoms with Gasteiger partial charge in [0.2, 0.25) is 0 Å². The highest BCUT2D eigenvalue weighted by molar-refractivity contribution is 5.81. The molecule has 5 heteroatoms. The van der Waals surface area contributed by atoms with Crippen LogP contribution in [0.5, 0.6) is 0 Å². The first-order valence-corrected chi connectivity index (χ1v) is 6.04. The van der Waals surface area contributed by atoms with Crippen molar-refractivity contribution in [2.75, 3.05) is 0 Å². The quantitative estimate of drug-likeness (QED) is 0.361. The molecule has 0 amide bonds. The van der Waals surface area contributed by atoms with Crippen LogP contribution in [0.1, 0.15) is 51.9 Å². The summed E-state index contributed by atoms with van der Waals surface area (Å²) in [5.74, 6) is -2.10. The molecule has 0 saturated carbocycles. The fourth-order valence-electron chi connectivity index (χ4n) is 1.99. The molecule has 0 rings (SSSR count). The summed E-state index contributed by atoms with van der Waals surface area (Å²) in [4.78, 5) is 22.1. The number of carbonyl (C=O) groups is 2. The second-order valence-corrected chi connectivity index (χ2v) is 4.46. The minimum absolute atomic E-state index is 0. The van der Waals surface area contributed by atoms with Crippen molar-refractivity contribution in [3.63, 3.8) is 0 Å². The van der Waals surface area contributed by atoms with E-state index in [4.69, 9.17) is 5.11 Å². The number of rotatable bonds is 10. The summed E-state index contributed by atoms with van der Waals surface area (Å²) in [7, 11) is 0. The maximum absolute atomic E-state index is 11.3. The number of carboxylic acids is 2. The van der Waals surface area contributed by atoms with Crippen LogP contribution in [0.4, 0.5) is 0 Å². The van der Waals surface area contributed by atoms with Crippen LogP contribution in [-0.2, 0) is 9.59 Å². The third kappa shape index (κ3) is 6.59. The minimum atomic E-state index is -1.18. The molecule has 2 N–H and O–H groups in total. The van der Waals surface area contributed by atoms with E-state index in [0.717, 1.165) is 25.7 Å². The van der Waals surface area contributed by atoms with Crippen LogP contribution in [0.25, 0.3) is 0 Å². The van der Waals surface area contributed by atoms with Gasteiger partial charge < -0.3 is 10.2 Å². The molecule has 4 nitrogen and oxygen atoms in total. The fourth-order valence-corrected chi connectivity index (χ4v) is 1.99. The zero-order valence-electron chi connectivity index (χ0n) is 10.4. The Balaban J connectivity index is 0. The third-order valence-electron chi connectivity index (χ3n) is 2.99. The van der Waals surface area contributed by atoms with Crippen LogP contribution >= 0.6 is 0 Å². The van der Waals surface area contributed by atoms with E-state index in [1.165, 1.54) is 6.08 Å². The largest absolute Gasteiger partial charge is 0.481 e. The van der Waals surface area contributed by atoms with Crippen LogP contribution in [0.3, 0.4) is 0 Å². The van der Waals surface area contributed by atoms with E-state index in [9.17, 15) is 14.7 Å². The van der Waals surface area contributed by atoms with Gasteiger partial charge in [0.05, 0.1) is 11.8 Å². The summed E-state index contributed by atoms with van der Waals surface area (Å²) in [6, 6.07) is 0. The Morgan fingerprint density at radius 2 is 1.83 bits per heavy atom. The van der Waals surface area contributed by atoms with Gasteiger partial charge in [0.1, 0.15) is 0 Å². The maximum atomic E-state index is 11.3. The van der Waals surface area contributed by atoms with E-state index in [0.29, 0.717) is 6.42 Å². The number of hydrogen-bond acceptors (Lipinski definition) is 2. The molecule has 0 aliphatic heterocycles. The van der Waals surface area contributed by atoms with Crippen LogP contribution < -0.4 is 0 Å². The zero-order valence-corrected chi connectivity index (χ0v) is 10.4. The van der Waals surface area contributed by atoms with Crippen molar-refractivity contribution < 1.29 is 19.8 Å². The maximum Gasteiger partial charge on any atom is 0.310 e. The van der Waals surface area contributed by atoms with E-state index < -0.39 is 17.4 Å². The number of hydrogen-bond donors (Lipinski definition) is 2. The molecular formula is C13H26O4Si. The lowest BCUT2D eigenvalue weighted by atomic mass is 9.76. The molecule has 0 aromatic carbocycles. The van der Waals surface area contributed by atoms with Gasteiger partial charge in [-0.2, -0.15) is 0 Å². The predicted octanol–water partition coefficient (Wildman–Crippen LogP) is 1.63. The topological polar surface area (TPSA) is 74.6 Å². The predicted molar refractivity (Wildman–Crippen MR) is 77.2 cm³/mol. The molecule has 1 atom stereocenters. The summed E-state index contributed by atoms with van der Waals surface area (Å²) in [6.07, 6.45) is 5.60. The lowest BCUT2D eigenvalue weighted by Gasteiger charge is -2.26. The summed E-state index contributed by atoms with van der Waals surface area (Å²) < 4.78 is 0. The second kappa shape index (κ2) is 9.88. The zero-order chi connectivity index (χ0) is 13.3. The van der Waals surface area contributed by atoms with Gasteiger partial charge in [-0.05, 0) is 23.8 Å². The van der Waals surface area contributed by atoms with E-state index >= 15 is 0 Å². The van der Waals surface area contributed by atoms with E-state index in [1.807, 2.05) is 0 Å². The molecule has 106 valence electrons. The molecule has 0 spiro atoms. The fraction of sp³-hybridized carbons (Fsp3) is 0.692. The summed E-state index contributed by atoms with van der Waals surface area (Å²) in [6.45, 7) is 5.60. The molecule has 0 aliphatic carbocycles. The summed E-state index contributed by atoms with van der Waals surface area (Å²) >= 11 is 0. The lowest BCUT2D eigenvalue weighted by molar-refractivity contribution is -0.156. The number of aliphatic carboxylic acids is 2. The Hall–Kier alpha value is -1.10. The minimum Gasteiger partial charge on any atom is -0.481 e. The Kier molecular flexibility index (Phi) is 10.6. The monoisotopic (exact) mass is 274 g/mol. The van der Waals surface area contributed by atoms with E-state index in [-0.39, 0.29) is 23.8 Å². The first-order valence-electron chi connectivity index (χ1n) is 6.04. The van der Waals surface area contributed by atoms with Gasteiger partial charge in [-0.15, -0.1) is 6.58 Å². The summed E-state index contributed by atoms with van der Waals surface area (Å²) in [5, 5.41) is 18.1. The standard InChI is InChI=1S/C13H22O4.H4Si/c1-3-5-6-7-9-13(8-4-2,12(16)17)10-11(14)15;/h4H,2-3,5-10H2,1H3,(H,14,15)(H,16,17);1H4. The molecule has 0 radical (unpaired) electrons. The van der Waals surface area contributed by atoms with Gasteiger partial charge in [0.25, 0.3) is 0 Å². The Labute approximate surface area is 113 Å². The van der Waals surface area contributed by atoms with Crippen molar-refractivity contribution in [2.45, 2.75) is 51.9 Å². The molecule has 0 aromatic rings. The smallest absolute Gasteiger partial charge is 0.310 e. The van der Waals surface area contributed by atoms with Crippen molar-refractivity contribution in [3.8, 4) is 0 Å². The Bertz CT molecular complexity index is 278. The van der Waals surface area contributed by atoms with Gasteiger partial charge in [-0.1, -0.05) is 38.7 Å². The first-order chi connectivity index (χ1) is 7.98. The lowest BCUT2D eigenvalue weighted by Crippen LogP contribution is -2.33. The van der Waals surface area contributed by atoms with Gasteiger partial charge in [0, 0.05) is 0 Å². The van der Waals surface area contributed by atoms with Crippen LogP contribution in [0.15, 0.2) is 12.7 Å². The van der Waals surface area contributed by atoms with Crippen molar-refractivity contribution in [1.29, 1.82) is 0 Å². The SMILES string of the molecule is C=CCC(CCCCCC)(CC(=O)O)C(=O)O.[SiH4]. The normalized spacial score (nSPS) is 13.2. The molecule has 0 aliphatic rings. The molecule has 0 fully saturated rings. The van der Waals surface area contributed by atoms with Crippen LogP contribution in [0, 0.1) is 5.41 Å². The van der Waals surface area contributed by atoms with Gasteiger partial charge in [0.15, 0.2) is 0 Å². The summed E-state index contributed by atoms with van der Waals surface area (Å²) in [5.41, 5.74) is -1.18. The van der Waals surface area contributed by atoms with Crippen LogP contribution in [-0.4, -0.2) is 33.1 Å². The molecule has 0 aromatic heterocycles. The van der Waals surface area contributed by atoms with Gasteiger partial charge in [-0.25, -0.2) is 0 Å². The van der Waals surface area contributed by atoms with Crippen LogP contribution in [0.2, 0.25) is 0 Å². The van der Waals surface area contributed by atoms with Gasteiger partial charge >= 0.3 is 11.9 Å². The highest BCUT2D eigenvalue weighted by atomic mass is 28.1. The highest BCUT2D eigenvalue weighted by Crippen LogP contribution is 2.34. The molecule has 18 heavy (non-hydrogen) atoms. The second-order valence-electron chi connectivity index (χ2n) is 4.46. The average molecular weight is 274 g/mol. The first kappa shape index (κ1) is 19.2. The van der Waals surface area contributed by atoms with E-state index in [1.54, 1.807) is 0 Å². The van der Waals surface area contributed by atoms with E-state index in [2.05, 4.69) is 13.5 Å². The number of unbranched alkanes of at least 4 members (excludes halogenated alkanes) is 3. The number of carboxylic acid groups (broad SMARTS) is 2. The highest BCUT2D eigenvalue weighted by Gasteiger charge is 2.38. The molecule has 0 bridgehead atoms. The van der Waals surface area contributed by atoms with Crippen molar-refractivity contribution >= 4 is 22.9 Å². The molecular weight excluding hydrogens is 248 g/mol. The molecule has 0 heterocycles. The number of allylic oxidation sites excluding steroid dienone is 1. The van der Waals surface area contributed by atoms with Crippen molar-refractivity contribution in [1.82, 2.24) is 0 Å². The third-order valence-corrected chi connectivity index (χ3v) is 2.99. The van der Waals surface area contributed by atoms with Crippen molar-refractivity contribution in [2.24, 2.45) is 5.41 Å². The van der Waals surface area contributed by atoms with Crippen molar-refractivity contribution in [3.05, 3.63) is 12.7 Å². The molecule has 0 saturated heterocycles. The Morgan fingerprint density at radius 3 is 2.22 bits per heavy atom. The molecule has 1 unspecified atom stereocenters. The average Bonchev–Trinajstić information content (AvgIpc) is 2.23. The van der Waals surface area contributed by atoms with Gasteiger partial charge in [-0.3, -0.25) is 9.59 Å². The Morgan fingerprint density at radius 1 is 1.22 bits per heavy atom.